The molecule has 2 aromatic carbocycles. The number of benzene rings is 2. The lowest BCUT2D eigenvalue weighted by atomic mass is 10.2. The van der Waals surface area contributed by atoms with Gasteiger partial charge >= 0.3 is 6.09 Å². The van der Waals surface area contributed by atoms with Gasteiger partial charge in [0.25, 0.3) is 0 Å². The second kappa shape index (κ2) is 10.4. The lowest BCUT2D eigenvalue weighted by Crippen LogP contribution is -2.33. The van der Waals surface area contributed by atoms with Crippen LogP contribution in [0, 0.1) is 17.7 Å². The standard InChI is InChI=1S/C26H20ClFN4O3S/c27-21-12-18(6-9-23(21)35-14-16-3-1-4-17(28)11-16)31-25-24-22(29-15-30-25)13-20(36-24)8-7-19-5-2-10-32(19)26(33)34/h1,3-4,6,9,11-13,15,19H,2,5,10,14H2,(H,33,34)(H,29,30,31)/t19-/m0/s1. The van der Waals surface area contributed by atoms with Gasteiger partial charge in [0.05, 0.1) is 26.2 Å². The number of likely N-dealkylation sites (tertiary alicyclic amines) is 1. The molecule has 3 heterocycles. The van der Waals surface area contributed by atoms with Crippen LogP contribution in [-0.4, -0.2) is 38.7 Å². The summed E-state index contributed by atoms with van der Waals surface area (Å²) < 4.78 is 19.9. The van der Waals surface area contributed by atoms with Crippen LogP contribution < -0.4 is 10.1 Å². The fourth-order valence-corrected chi connectivity index (χ4v) is 5.08. The maximum atomic E-state index is 13.4. The normalized spacial score (nSPS) is 14.9. The Morgan fingerprint density at radius 3 is 2.97 bits per heavy atom. The number of amides is 1. The number of halogens is 2. The Balaban J connectivity index is 1.31. The number of carboxylic acid groups (broad SMARTS) is 1. The molecule has 1 atom stereocenters. The third-order valence-corrected chi connectivity index (χ3v) is 6.99. The van der Waals surface area contributed by atoms with Crippen LogP contribution in [0.2, 0.25) is 5.02 Å². The second-order valence-corrected chi connectivity index (χ2v) is 9.60. The highest BCUT2D eigenvalue weighted by Crippen LogP contribution is 2.33. The molecule has 5 rings (SSSR count). The number of fused-ring (bicyclic) bond motifs is 1. The zero-order valence-corrected chi connectivity index (χ0v) is 20.4. The number of aromatic nitrogens is 2. The van der Waals surface area contributed by atoms with E-state index in [1.807, 2.05) is 12.1 Å². The van der Waals surface area contributed by atoms with E-state index in [2.05, 4.69) is 27.1 Å². The summed E-state index contributed by atoms with van der Waals surface area (Å²) in [5.41, 5.74) is 2.16. The van der Waals surface area contributed by atoms with E-state index in [0.717, 1.165) is 27.9 Å². The topological polar surface area (TPSA) is 87.6 Å². The van der Waals surface area contributed by atoms with Crippen molar-refractivity contribution in [1.82, 2.24) is 14.9 Å². The Bertz CT molecular complexity index is 1500. The minimum atomic E-state index is -0.940. The molecule has 10 heteroatoms. The third kappa shape index (κ3) is 5.35. The summed E-state index contributed by atoms with van der Waals surface area (Å²) in [6.07, 6.45) is 2.08. The van der Waals surface area contributed by atoms with Crippen molar-refractivity contribution in [3.05, 3.63) is 76.1 Å². The molecule has 2 N–H and O–H groups in total. The molecule has 0 aliphatic carbocycles. The van der Waals surface area contributed by atoms with Gasteiger partial charge < -0.3 is 15.2 Å². The van der Waals surface area contributed by atoms with E-state index >= 15 is 0 Å². The maximum absolute atomic E-state index is 13.4. The van der Waals surface area contributed by atoms with Crippen LogP contribution in [-0.2, 0) is 6.61 Å². The Hall–Kier alpha value is -3.87. The zero-order valence-electron chi connectivity index (χ0n) is 18.9. The van der Waals surface area contributed by atoms with Crippen LogP contribution in [0.1, 0.15) is 23.3 Å². The Kier molecular flexibility index (Phi) is 6.89. The first-order chi connectivity index (χ1) is 17.5. The largest absolute Gasteiger partial charge is 0.487 e. The van der Waals surface area contributed by atoms with E-state index in [4.69, 9.17) is 16.3 Å². The number of rotatable bonds is 5. The van der Waals surface area contributed by atoms with Crippen molar-refractivity contribution in [2.45, 2.75) is 25.5 Å². The molecule has 1 amide bonds. The summed E-state index contributed by atoms with van der Waals surface area (Å²) in [5.74, 6) is 6.96. The fraction of sp³-hybridized carbons (Fsp3) is 0.192. The quantitative estimate of drug-likeness (QED) is 0.299. The number of carbonyl (C=O) groups is 1. The van der Waals surface area contributed by atoms with Crippen LogP contribution in [0.5, 0.6) is 5.75 Å². The highest BCUT2D eigenvalue weighted by Gasteiger charge is 2.26. The van der Waals surface area contributed by atoms with Crippen molar-refractivity contribution in [2.24, 2.45) is 0 Å². The molecule has 0 saturated carbocycles. The van der Waals surface area contributed by atoms with E-state index in [-0.39, 0.29) is 18.5 Å². The molecule has 2 aromatic heterocycles. The summed E-state index contributed by atoms with van der Waals surface area (Å²) in [6, 6.07) is 13.1. The average molecular weight is 523 g/mol. The van der Waals surface area contributed by atoms with Gasteiger partial charge in [-0.05, 0) is 54.8 Å². The fourth-order valence-electron chi connectivity index (χ4n) is 3.93. The average Bonchev–Trinajstić information content (AvgIpc) is 3.50. The summed E-state index contributed by atoms with van der Waals surface area (Å²) in [7, 11) is 0. The number of nitrogens with one attached hydrogen (secondary N) is 1. The van der Waals surface area contributed by atoms with Crippen LogP contribution in [0.4, 0.5) is 20.7 Å². The minimum Gasteiger partial charge on any atom is -0.487 e. The van der Waals surface area contributed by atoms with Crippen molar-refractivity contribution < 1.29 is 19.0 Å². The number of hydrogen-bond donors (Lipinski definition) is 2. The van der Waals surface area contributed by atoms with Crippen LogP contribution in [0.3, 0.4) is 0 Å². The second-order valence-electron chi connectivity index (χ2n) is 8.14. The summed E-state index contributed by atoms with van der Waals surface area (Å²) in [4.78, 5) is 22.2. The SMILES string of the molecule is O=C(O)N1CCC[C@H]1C#Cc1cc2ncnc(Nc3ccc(OCc4cccc(F)c4)c(Cl)c3)c2s1. The van der Waals surface area contributed by atoms with Gasteiger partial charge in [0.2, 0.25) is 0 Å². The number of ether oxygens (including phenoxy) is 1. The molecule has 36 heavy (non-hydrogen) atoms. The smallest absolute Gasteiger partial charge is 0.408 e. The monoisotopic (exact) mass is 522 g/mol. The summed E-state index contributed by atoms with van der Waals surface area (Å²) >= 11 is 7.85. The number of anilines is 2. The molecule has 7 nitrogen and oxygen atoms in total. The molecule has 1 saturated heterocycles. The molecule has 0 spiro atoms. The van der Waals surface area contributed by atoms with Gasteiger partial charge in [-0.15, -0.1) is 11.3 Å². The first-order valence-corrected chi connectivity index (χ1v) is 12.4. The molecule has 1 fully saturated rings. The van der Waals surface area contributed by atoms with Crippen molar-refractivity contribution in [1.29, 1.82) is 0 Å². The van der Waals surface area contributed by atoms with E-state index in [9.17, 15) is 14.3 Å². The molecule has 0 unspecified atom stereocenters. The lowest BCUT2D eigenvalue weighted by Gasteiger charge is -2.15. The predicted molar refractivity (Wildman–Crippen MR) is 138 cm³/mol. The first kappa shape index (κ1) is 23.9. The van der Waals surface area contributed by atoms with Crippen molar-refractivity contribution >= 4 is 50.8 Å². The van der Waals surface area contributed by atoms with E-state index < -0.39 is 6.09 Å². The Morgan fingerprint density at radius 2 is 2.17 bits per heavy atom. The molecule has 4 aromatic rings. The maximum Gasteiger partial charge on any atom is 0.408 e. The van der Waals surface area contributed by atoms with Crippen LogP contribution in [0.15, 0.2) is 54.9 Å². The van der Waals surface area contributed by atoms with E-state index in [0.29, 0.717) is 34.4 Å². The highest BCUT2D eigenvalue weighted by atomic mass is 35.5. The molecule has 0 bridgehead atoms. The molecular formula is C26H20ClFN4O3S. The summed E-state index contributed by atoms with van der Waals surface area (Å²) in [6.45, 7) is 0.707. The Labute approximate surface area is 215 Å². The van der Waals surface area contributed by atoms with Gasteiger partial charge in [0, 0.05) is 12.2 Å². The van der Waals surface area contributed by atoms with Gasteiger partial charge in [-0.25, -0.2) is 19.2 Å². The van der Waals surface area contributed by atoms with E-state index in [1.165, 1.54) is 34.7 Å². The number of thiophene rings is 1. The predicted octanol–water partition coefficient (Wildman–Crippen LogP) is 6.30. The van der Waals surface area contributed by atoms with Gasteiger partial charge in [-0.1, -0.05) is 35.6 Å². The molecule has 182 valence electrons. The molecular weight excluding hydrogens is 503 g/mol. The number of hydrogen-bond acceptors (Lipinski definition) is 6. The lowest BCUT2D eigenvalue weighted by molar-refractivity contribution is 0.148. The van der Waals surface area contributed by atoms with Crippen molar-refractivity contribution in [3.8, 4) is 17.6 Å². The van der Waals surface area contributed by atoms with Gasteiger partial charge in [0.1, 0.15) is 24.5 Å². The summed E-state index contributed by atoms with van der Waals surface area (Å²) in [5, 5.41) is 13.0. The molecule has 0 radical (unpaired) electrons. The van der Waals surface area contributed by atoms with Gasteiger partial charge in [0.15, 0.2) is 5.82 Å². The zero-order chi connectivity index (χ0) is 25.1. The van der Waals surface area contributed by atoms with Crippen LogP contribution >= 0.6 is 22.9 Å². The Morgan fingerprint density at radius 1 is 1.28 bits per heavy atom. The number of nitrogens with zero attached hydrogens (tertiary/aromatic N) is 3. The molecule has 1 aliphatic rings. The van der Waals surface area contributed by atoms with Gasteiger partial charge in [-0.2, -0.15) is 0 Å². The third-order valence-electron chi connectivity index (χ3n) is 5.65. The molecule has 1 aliphatic heterocycles. The highest BCUT2D eigenvalue weighted by molar-refractivity contribution is 7.20. The van der Waals surface area contributed by atoms with Crippen molar-refractivity contribution in [3.63, 3.8) is 0 Å². The van der Waals surface area contributed by atoms with Crippen molar-refractivity contribution in [2.75, 3.05) is 11.9 Å². The van der Waals surface area contributed by atoms with Gasteiger partial charge in [-0.3, -0.25) is 4.90 Å². The minimum absolute atomic E-state index is 0.195. The first-order valence-electron chi connectivity index (χ1n) is 11.2. The van der Waals surface area contributed by atoms with Crippen LogP contribution in [0.25, 0.3) is 10.2 Å². The van der Waals surface area contributed by atoms with E-state index in [1.54, 1.807) is 24.3 Å².